The van der Waals surface area contributed by atoms with Crippen molar-refractivity contribution < 1.29 is 0 Å². The summed E-state index contributed by atoms with van der Waals surface area (Å²) in [5.74, 6) is 0.610. The summed E-state index contributed by atoms with van der Waals surface area (Å²) in [5.41, 5.74) is 1.68. The van der Waals surface area contributed by atoms with Gasteiger partial charge in [-0.25, -0.2) is 4.98 Å². The van der Waals surface area contributed by atoms with E-state index in [0.717, 1.165) is 12.1 Å². The van der Waals surface area contributed by atoms with Crippen LogP contribution in [0, 0.1) is 0 Å². The standard InChI is InChI=1S/C23H27Cl2N3OS/c1-15(2)27(16(3)4)11-12-28-22(29)19-7-5-6-8-21(19)26-23(28)30-14-17-9-10-18(24)13-20(17)25/h5-10,13,15-16H,11-12,14H2,1-4H3. The molecule has 0 saturated carbocycles. The van der Waals surface area contributed by atoms with Gasteiger partial charge in [-0.1, -0.05) is 53.2 Å². The maximum Gasteiger partial charge on any atom is 0.262 e. The molecule has 4 nitrogen and oxygen atoms in total. The average Bonchev–Trinajstić information content (AvgIpc) is 2.68. The second-order valence-electron chi connectivity index (χ2n) is 7.82. The lowest BCUT2D eigenvalue weighted by molar-refractivity contribution is 0.166. The van der Waals surface area contributed by atoms with E-state index < -0.39 is 0 Å². The molecule has 3 aromatic rings. The van der Waals surface area contributed by atoms with Crippen molar-refractivity contribution in [1.82, 2.24) is 14.5 Å². The Kier molecular flexibility index (Phi) is 7.86. The molecule has 0 bridgehead atoms. The van der Waals surface area contributed by atoms with Crippen LogP contribution in [0.15, 0.2) is 52.4 Å². The predicted molar refractivity (Wildman–Crippen MR) is 129 cm³/mol. The molecule has 0 aliphatic heterocycles. The van der Waals surface area contributed by atoms with E-state index in [2.05, 4.69) is 32.6 Å². The summed E-state index contributed by atoms with van der Waals surface area (Å²) < 4.78 is 1.80. The molecule has 0 fully saturated rings. The Labute approximate surface area is 192 Å². The summed E-state index contributed by atoms with van der Waals surface area (Å²) in [6, 6.07) is 13.8. The summed E-state index contributed by atoms with van der Waals surface area (Å²) in [5, 5.41) is 2.58. The molecule has 0 atom stereocenters. The first-order valence-electron chi connectivity index (χ1n) is 10.1. The Hall–Kier alpha value is -1.53. The van der Waals surface area contributed by atoms with Crippen LogP contribution in [-0.4, -0.2) is 33.1 Å². The second kappa shape index (κ2) is 10.2. The van der Waals surface area contributed by atoms with Crippen LogP contribution in [0.3, 0.4) is 0 Å². The first kappa shape index (κ1) is 23.1. The summed E-state index contributed by atoms with van der Waals surface area (Å²) in [6.07, 6.45) is 0. The minimum Gasteiger partial charge on any atom is -0.297 e. The maximum atomic E-state index is 13.3. The lowest BCUT2D eigenvalue weighted by Gasteiger charge is -2.30. The summed E-state index contributed by atoms with van der Waals surface area (Å²) in [6.45, 7) is 10.1. The Bertz CT molecular complexity index is 1070. The summed E-state index contributed by atoms with van der Waals surface area (Å²) >= 11 is 13.9. The molecule has 0 unspecified atom stereocenters. The number of hydrogen-bond donors (Lipinski definition) is 0. The third-order valence-corrected chi connectivity index (χ3v) is 6.72. The molecule has 7 heteroatoms. The van der Waals surface area contributed by atoms with E-state index in [0.29, 0.717) is 50.5 Å². The van der Waals surface area contributed by atoms with Gasteiger partial charge in [-0.15, -0.1) is 0 Å². The molecular formula is C23H27Cl2N3OS. The van der Waals surface area contributed by atoms with Gasteiger partial charge in [0, 0.05) is 41.0 Å². The minimum absolute atomic E-state index is 0.00207. The van der Waals surface area contributed by atoms with Gasteiger partial charge in [-0.3, -0.25) is 14.3 Å². The van der Waals surface area contributed by atoms with Crippen LogP contribution in [0.25, 0.3) is 10.9 Å². The van der Waals surface area contributed by atoms with Gasteiger partial charge in [-0.05, 0) is 57.5 Å². The largest absolute Gasteiger partial charge is 0.297 e. The molecule has 2 aromatic carbocycles. The van der Waals surface area contributed by atoms with Crippen molar-refractivity contribution in [3.63, 3.8) is 0 Å². The molecule has 1 aromatic heterocycles. The molecule has 0 radical (unpaired) electrons. The van der Waals surface area contributed by atoms with E-state index in [4.69, 9.17) is 28.2 Å². The first-order chi connectivity index (χ1) is 14.3. The molecular weight excluding hydrogens is 437 g/mol. The van der Waals surface area contributed by atoms with Gasteiger partial charge < -0.3 is 0 Å². The van der Waals surface area contributed by atoms with Crippen molar-refractivity contribution in [2.24, 2.45) is 0 Å². The van der Waals surface area contributed by atoms with E-state index in [1.54, 1.807) is 10.6 Å². The van der Waals surface area contributed by atoms with Crippen LogP contribution < -0.4 is 5.56 Å². The van der Waals surface area contributed by atoms with Gasteiger partial charge in [-0.2, -0.15) is 0 Å². The van der Waals surface area contributed by atoms with Crippen LogP contribution in [0.4, 0.5) is 0 Å². The number of aromatic nitrogens is 2. The van der Waals surface area contributed by atoms with Crippen LogP contribution in [0.2, 0.25) is 10.0 Å². The van der Waals surface area contributed by atoms with Crippen molar-refractivity contribution in [1.29, 1.82) is 0 Å². The van der Waals surface area contributed by atoms with E-state index >= 15 is 0 Å². The number of para-hydroxylation sites is 1. The van der Waals surface area contributed by atoms with Crippen molar-refractivity contribution in [3.8, 4) is 0 Å². The topological polar surface area (TPSA) is 38.1 Å². The number of halogens is 2. The third kappa shape index (κ3) is 5.38. The zero-order chi connectivity index (χ0) is 21.8. The van der Waals surface area contributed by atoms with Crippen molar-refractivity contribution >= 4 is 45.9 Å². The van der Waals surface area contributed by atoms with Crippen molar-refractivity contribution in [3.05, 3.63) is 68.4 Å². The fraction of sp³-hybridized carbons (Fsp3) is 0.391. The SMILES string of the molecule is CC(C)N(CCn1c(SCc2ccc(Cl)cc2Cl)nc2ccccc2c1=O)C(C)C. The molecule has 1 heterocycles. The van der Waals surface area contributed by atoms with Gasteiger partial charge in [0.15, 0.2) is 5.16 Å². The summed E-state index contributed by atoms with van der Waals surface area (Å²) in [7, 11) is 0. The molecule has 0 aliphatic carbocycles. The number of rotatable bonds is 8. The smallest absolute Gasteiger partial charge is 0.262 e. The summed E-state index contributed by atoms with van der Waals surface area (Å²) in [4.78, 5) is 20.5. The molecule has 0 N–H and O–H groups in total. The lowest BCUT2D eigenvalue weighted by atomic mass is 10.2. The lowest BCUT2D eigenvalue weighted by Crippen LogP contribution is -2.40. The zero-order valence-corrected chi connectivity index (χ0v) is 20.1. The Morgan fingerprint density at radius 1 is 1.07 bits per heavy atom. The molecule has 0 amide bonds. The fourth-order valence-electron chi connectivity index (χ4n) is 3.56. The molecule has 0 aliphatic rings. The van der Waals surface area contributed by atoms with Crippen molar-refractivity contribution in [2.45, 2.75) is 57.2 Å². The maximum absolute atomic E-state index is 13.3. The van der Waals surface area contributed by atoms with Gasteiger partial charge in [0.2, 0.25) is 0 Å². The number of hydrogen-bond acceptors (Lipinski definition) is 4. The van der Waals surface area contributed by atoms with E-state index in [-0.39, 0.29) is 5.56 Å². The highest BCUT2D eigenvalue weighted by Crippen LogP contribution is 2.28. The average molecular weight is 464 g/mol. The van der Waals surface area contributed by atoms with Crippen LogP contribution >= 0.6 is 35.0 Å². The normalized spacial score (nSPS) is 11.9. The third-order valence-electron chi connectivity index (χ3n) is 5.11. The van der Waals surface area contributed by atoms with Crippen molar-refractivity contribution in [2.75, 3.05) is 6.54 Å². The van der Waals surface area contributed by atoms with E-state index in [9.17, 15) is 4.79 Å². The van der Waals surface area contributed by atoms with Gasteiger partial charge in [0.1, 0.15) is 0 Å². The molecule has 0 saturated heterocycles. The highest BCUT2D eigenvalue weighted by atomic mass is 35.5. The first-order valence-corrected chi connectivity index (χ1v) is 11.8. The fourth-order valence-corrected chi connectivity index (χ4v) is 5.15. The molecule has 30 heavy (non-hydrogen) atoms. The molecule has 0 spiro atoms. The van der Waals surface area contributed by atoms with E-state index in [1.165, 1.54) is 11.8 Å². The number of fused-ring (bicyclic) bond motifs is 1. The predicted octanol–water partition coefficient (Wildman–Crippen LogP) is 6.11. The second-order valence-corrected chi connectivity index (χ2v) is 9.60. The monoisotopic (exact) mass is 463 g/mol. The number of thioether (sulfide) groups is 1. The quantitative estimate of drug-likeness (QED) is 0.298. The van der Waals surface area contributed by atoms with Crippen LogP contribution in [0.5, 0.6) is 0 Å². The minimum atomic E-state index is -0.00207. The van der Waals surface area contributed by atoms with Crippen LogP contribution in [0.1, 0.15) is 33.3 Å². The van der Waals surface area contributed by atoms with E-state index in [1.807, 2.05) is 36.4 Å². The van der Waals surface area contributed by atoms with Gasteiger partial charge in [0.25, 0.3) is 5.56 Å². The highest BCUT2D eigenvalue weighted by molar-refractivity contribution is 7.98. The zero-order valence-electron chi connectivity index (χ0n) is 17.7. The number of nitrogens with zero attached hydrogens (tertiary/aromatic N) is 3. The number of benzene rings is 2. The Morgan fingerprint density at radius 2 is 1.77 bits per heavy atom. The molecule has 160 valence electrons. The van der Waals surface area contributed by atoms with Gasteiger partial charge in [0.05, 0.1) is 10.9 Å². The Balaban J connectivity index is 1.94. The Morgan fingerprint density at radius 3 is 2.43 bits per heavy atom. The van der Waals surface area contributed by atoms with Gasteiger partial charge >= 0.3 is 0 Å². The van der Waals surface area contributed by atoms with Crippen LogP contribution in [-0.2, 0) is 12.3 Å². The molecule has 3 rings (SSSR count). The highest BCUT2D eigenvalue weighted by Gasteiger charge is 2.17.